The number of ether oxygens (including phenoxy) is 2. The van der Waals surface area contributed by atoms with E-state index in [-0.39, 0.29) is 0 Å². The second-order valence-corrected chi connectivity index (χ2v) is 9.83. The van der Waals surface area contributed by atoms with E-state index in [1.54, 1.807) is 7.11 Å². The predicted molar refractivity (Wildman–Crippen MR) is 149 cm³/mol. The molecule has 1 N–H and O–H groups in total. The number of aryl methyl sites for hydroxylation is 1. The second kappa shape index (κ2) is 13.1. The molecule has 2 aromatic carbocycles. The van der Waals surface area contributed by atoms with Crippen molar-refractivity contribution in [2.45, 2.75) is 39.2 Å². The van der Waals surface area contributed by atoms with Crippen molar-refractivity contribution in [1.82, 2.24) is 9.80 Å². The number of morpholine rings is 1. The van der Waals surface area contributed by atoms with Crippen LogP contribution in [0.4, 0.5) is 11.4 Å². The first-order chi connectivity index (χ1) is 17.2. The van der Waals surface area contributed by atoms with E-state index in [4.69, 9.17) is 21.7 Å². The summed E-state index contributed by atoms with van der Waals surface area (Å²) >= 11 is 5.90. The summed E-state index contributed by atoms with van der Waals surface area (Å²) in [6, 6.07) is 15.0. The fourth-order valence-electron chi connectivity index (χ4n) is 4.84. The molecular weight excluding hydrogens is 456 g/mol. The van der Waals surface area contributed by atoms with Crippen LogP contribution in [0.5, 0.6) is 5.75 Å². The zero-order valence-electron chi connectivity index (χ0n) is 21.3. The number of hydrogen-bond acceptors (Lipinski definition) is 5. The van der Waals surface area contributed by atoms with Gasteiger partial charge in [0.1, 0.15) is 5.75 Å². The van der Waals surface area contributed by atoms with Crippen LogP contribution in [-0.4, -0.2) is 74.5 Å². The summed E-state index contributed by atoms with van der Waals surface area (Å²) in [4.78, 5) is 7.33. The summed E-state index contributed by atoms with van der Waals surface area (Å²) in [5.41, 5.74) is 5.20. The molecule has 2 aliphatic rings. The van der Waals surface area contributed by atoms with Gasteiger partial charge in [-0.1, -0.05) is 25.5 Å². The van der Waals surface area contributed by atoms with E-state index < -0.39 is 0 Å². The molecule has 6 nitrogen and oxygen atoms in total. The van der Waals surface area contributed by atoms with E-state index in [0.717, 1.165) is 75.5 Å². The van der Waals surface area contributed by atoms with Gasteiger partial charge < -0.3 is 24.6 Å². The summed E-state index contributed by atoms with van der Waals surface area (Å²) < 4.78 is 10.8. The second-order valence-electron chi connectivity index (χ2n) is 9.44. The topological polar surface area (TPSA) is 40.2 Å². The Morgan fingerprint density at radius 3 is 2.63 bits per heavy atom. The minimum Gasteiger partial charge on any atom is -0.497 e. The zero-order chi connectivity index (χ0) is 24.5. The van der Waals surface area contributed by atoms with E-state index >= 15 is 0 Å². The maximum absolute atomic E-state index is 5.90. The lowest BCUT2D eigenvalue weighted by Gasteiger charge is -2.33. The van der Waals surface area contributed by atoms with Crippen molar-refractivity contribution in [2.75, 3.05) is 69.8 Å². The van der Waals surface area contributed by atoms with Crippen LogP contribution in [0, 0.1) is 0 Å². The number of methoxy groups -OCH3 is 1. The Hall–Kier alpha value is -2.35. The Kier molecular flexibility index (Phi) is 9.63. The van der Waals surface area contributed by atoms with Gasteiger partial charge in [-0.05, 0) is 72.9 Å². The maximum atomic E-state index is 5.90. The van der Waals surface area contributed by atoms with Gasteiger partial charge >= 0.3 is 0 Å². The van der Waals surface area contributed by atoms with Crippen molar-refractivity contribution < 1.29 is 9.47 Å². The van der Waals surface area contributed by atoms with Crippen molar-refractivity contribution in [3.8, 4) is 5.75 Å². The number of rotatable bonds is 10. The fraction of sp³-hybridized carbons (Fsp3) is 0.536. The van der Waals surface area contributed by atoms with Gasteiger partial charge in [0, 0.05) is 57.2 Å². The number of anilines is 2. The molecule has 1 fully saturated rings. The molecule has 2 aliphatic heterocycles. The van der Waals surface area contributed by atoms with Crippen LogP contribution >= 0.6 is 12.2 Å². The van der Waals surface area contributed by atoms with E-state index in [2.05, 4.69) is 45.1 Å². The van der Waals surface area contributed by atoms with Crippen LogP contribution in [0.1, 0.15) is 37.3 Å². The summed E-state index contributed by atoms with van der Waals surface area (Å²) in [7, 11) is 1.68. The molecule has 190 valence electrons. The van der Waals surface area contributed by atoms with Gasteiger partial charge in [0.15, 0.2) is 5.11 Å². The van der Waals surface area contributed by atoms with Crippen LogP contribution in [0.25, 0.3) is 0 Å². The van der Waals surface area contributed by atoms with Crippen molar-refractivity contribution in [3.05, 3.63) is 53.6 Å². The lowest BCUT2D eigenvalue weighted by Crippen LogP contribution is -2.44. The lowest BCUT2D eigenvalue weighted by atomic mass is 9.98. The molecule has 35 heavy (non-hydrogen) atoms. The molecule has 7 heteroatoms. The van der Waals surface area contributed by atoms with Gasteiger partial charge in [-0.3, -0.25) is 4.90 Å². The molecule has 0 aromatic heterocycles. The first-order valence-electron chi connectivity index (χ1n) is 13.0. The summed E-state index contributed by atoms with van der Waals surface area (Å²) in [6.45, 7) is 10.8. The third kappa shape index (κ3) is 7.32. The average molecular weight is 497 g/mol. The number of benzene rings is 2. The Bertz CT molecular complexity index is 946. The minimum absolute atomic E-state index is 0.755. The van der Waals surface area contributed by atoms with Crippen molar-refractivity contribution in [1.29, 1.82) is 0 Å². The third-order valence-electron chi connectivity index (χ3n) is 6.93. The van der Waals surface area contributed by atoms with Crippen molar-refractivity contribution in [2.24, 2.45) is 0 Å². The number of nitrogens with one attached hydrogen (secondary N) is 1. The standard InChI is InChI=1S/C28H40N4O2S/c1-3-4-13-31-14-5-6-24-21-23(7-12-27(24)31)22-32(16-15-30-17-19-34-20-18-30)28(35)29-25-8-10-26(33-2)11-9-25/h7-12,21H,3-6,13-20,22H2,1-2H3,(H,29,35). The lowest BCUT2D eigenvalue weighted by molar-refractivity contribution is 0.0358. The molecule has 4 rings (SSSR count). The summed E-state index contributed by atoms with van der Waals surface area (Å²) in [5, 5.41) is 4.20. The van der Waals surface area contributed by atoms with E-state index in [0.29, 0.717) is 0 Å². The quantitative estimate of drug-likeness (QED) is 0.475. The van der Waals surface area contributed by atoms with Crippen LogP contribution in [0.15, 0.2) is 42.5 Å². The molecule has 0 aliphatic carbocycles. The Morgan fingerprint density at radius 1 is 1.09 bits per heavy atom. The van der Waals surface area contributed by atoms with E-state index in [9.17, 15) is 0 Å². The highest BCUT2D eigenvalue weighted by Crippen LogP contribution is 2.29. The smallest absolute Gasteiger partial charge is 0.173 e. The van der Waals surface area contributed by atoms with Crippen LogP contribution in [-0.2, 0) is 17.7 Å². The molecule has 2 heterocycles. The van der Waals surface area contributed by atoms with Crippen LogP contribution in [0.3, 0.4) is 0 Å². The van der Waals surface area contributed by atoms with E-state index in [1.807, 2.05) is 24.3 Å². The number of fused-ring (bicyclic) bond motifs is 1. The molecular formula is C28H40N4O2S. The van der Waals surface area contributed by atoms with Crippen LogP contribution < -0.4 is 15.0 Å². The normalized spacial score (nSPS) is 16.0. The largest absolute Gasteiger partial charge is 0.497 e. The summed E-state index contributed by atoms with van der Waals surface area (Å²) in [6.07, 6.45) is 4.88. The molecule has 1 saturated heterocycles. The molecule has 0 spiro atoms. The molecule has 0 radical (unpaired) electrons. The van der Waals surface area contributed by atoms with Crippen molar-refractivity contribution in [3.63, 3.8) is 0 Å². The van der Waals surface area contributed by atoms with E-state index in [1.165, 1.54) is 42.6 Å². The molecule has 0 atom stereocenters. The van der Waals surface area contributed by atoms with Gasteiger partial charge in [-0.2, -0.15) is 0 Å². The van der Waals surface area contributed by atoms with Gasteiger partial charge in [-0.15, -0.1) is 0 Å². The SMILES string of the molecule is CCCCN1CCCc2cc(CN(CCN3CCOCC3)C(=S)Nc3ccc(OC)cc3)ccc21. The molecule has 0 bridgehead atoms. The molecule has 0 unspecified atom stereocenters. The number of thiocarbonyl (C=S) groups is 1. The van der Waals surface area contributed by atoms with Crippen molar-refractivity contribution >= 4 is 28.7 Å². The number of hydrogen-bond donors (Lipinski definition) is 1. The third-order valence-corrected chi connectivity index (χ3v) is 7.29. The Balaban J connectivity index is 1.46. The highest BCUT2D eigenvalue weighted by molar-refractivity contribution is 7.80. The highest BCUT2D eigenvalue weighted by atomic mass is 32.1. The molecule has 0 amide bonds. The van der Waals surface area contributed by atoms with Crippen LogP contribution in [0.2, 0.25) is 0 Å². The number of unbranched alkanes of at least 4 members (excludes halogenated alkanes) is 1. The fourth-order valence-corrected chi connectivity index (χ4v) is 5.12. The van der Waals surface area contributed by atoms with Gasteiger partial charge in [0.05, 0.1) is 20.3 Å². The highest BCUT2D eigenvalue weighted by Gasteiger charge is 2.19. The first-order valence-corrected chi connectivity index (χ1v) is 13.4. The zero-order valence-corrected chi connectivity index (χ0v) is 22.1. The average Bonchev–Trinajstić information content (AvgIpc) is 2.90. The molecule has 2 aromatic rings. The summed E-state index contributed by atoms with van der Waals surface area (Å²) in [5.74, 6) is 0.840. The minimum atomic E-state index is 0.755. The van der Waals surface area contributed by atoms with Gasteiger partial charge in [-0.25, -0.2) is 0 Å². The first kappa shape index (κ1) is 25.7. The Morgan fingerprint density at radius 2 is 1.89 bits per heavy atom. The predicted octanol–water partition coefficient (Wildman–Crippen LogP) is 4.78. The Labute approximate surface area is 216 Å². The molecule has 0 saturated carbocycles. The van der Waals surface area contributed by atoms with Gasteiger partial charge in [0.25, 0.3) is 0 Å². The van der Waals surface area contributed by atoms with Gasteiger partial charge in [0.2, 0.25) is 0 Å². The monoisotopic (exact) mass is 496 g/mol. The maximum Gasteiger partial charge on any atom is 0.173 e. The number of nitrogens with zero attached hydrogens (tertiary/aromatic N) is 3.